The van der Waals surface area contributed by atoms with E-state index in [2.05, 4.69) is 13.8 Å². The number of hydrogen-bond acceptors (Lipinski definition) is 3. The summed E-state index contributed by atoms with van der Waals surface area (Å²) in [6, 6.07) is 21.9. The number of aliphatic hydroxyl groups is 1. The highest BCUT2D eigenvalue weighted by Gasteiger charge is 2.43. The zero-order chi connectivity index (χ0) is 26.4. The Bertz CT molecular complexity index is 1200. The lowest BCUT2D eigenvalue weighted by atomic mass is 9.72. The minimum absolute atomic E-state index is 0.111. The van der Waals surface area contributed by atoms with Crippen LogP contribution < -0.4 is 5.73 Å². The van der Waals surface area contributed by atoms with Crippen molar-refractivity contribution >= 4 is 5.91 Å². The molecule has 4 rings (SSSR count). The van der Waals surface area contributed by atoms with E-state index in [0.29, 0.717) is 43.5 Å². The first-order chi connectivity index (χ1) is 17.9. The quantitative estimate of drug-likeness (QED) is 0.397. The Kier molecular flexibility index (Phi) is 8.78. The summed E-state index contributed by atoms with van der Waals surface area (Å²) in [6.07, 6.45) is 3.65. The summed E-state index contributed by atoms with van der Waals surface area (Å²) >= 11 is 0. The molecule has 1 fully saturated rings. The molecule has 1 aliphatic heterocycles. The van der Waals surface area contributed by atoms with Gasteiger partial charge in [0.2, 0.25) is 5.91 Å². The Balaban J connectivity index is 1.64. The zero-order valence-electron chi connectivity index (χ0n) is 21.7. The molecule has 3 atom stereocenters. The molecule has 0 saturated carbocycles. The van der Waals surface area contributed by atoms with Crippen molar-refractivity contribution in [3.63, 3.8) is 0 Å². The maximum Gasteiger partial charge on any atom is 0.239 e. The van der Waals surface area contributed by atoms with Crippen LogP contribution in [0.3, 0.4) is 0 Å². The molecule has 0 spiro atoms. The van der Waals surface area contributed by atoms with Gasteiger partial charge in [0.05, 0.1) is 11.6 Å². The van der Waals surface area contributed by atoms with E-state index in [1.807, 2.05) is 60.7 Å². The van der Waals surface area contributed by atoms with E-state index >= 15 is 4.39 Å². The van der Waals surface area contributed by atoms with Crippen molar-refractivity contribution in [1.82, 2.24) is 4.90 Å². The highest BCUT2D eigenvalue weighted by molar-refractivity contribution is 5.82. The molecule has 195 valence electrons. The summed E-state index contributed by atoms with van der Waals surface area (Å²) in [7, 11) is 0. The van der Waals surface area contributed by atoms with Gasteiger partial charge < -0.3 is 15.7 Å². The van der Waals surface area contributed by atoms with Gasteiger partial charge in [-0.05, 0) is 60.4 Å². The van der Waals surface area contributed by atoms with Crippen molar-refractivity contribution < 1.29 is 14.3 Å². The molecule has 1 heterocycles. The standard InChI is InChI=1S/C32H38FN2O2/c1-3-18-32(37,27-16-9-17-28(33)30(27)25-14-8-13-23(4-2)20-25)26-15-10-19-35(22-26)31(36)29(34)21-24-11-6-5-7-12-24/h5-9,11-14,16-17,20,26,29,37H,1,3-4,10,15,18-19,21-22,34H2,2H3/t26?,29-,32?/m0/s1. The zero-order valence-corrected chi connectivity index (χ0v) is 21.7. The smallest absolute Gasteiger partial charge is 0.239 e. The maximum atomic E-state index is 15.4. The number of amides is 1. The van der Waals surface area contributed by atoms with Crippen LogP contribution in [0.2, 0.25) is 0 Å². The van der Waals surface area contributed by atoms with Gasteiger partial charge in [-0.1, -0.05) is 87.0 Å². The van der Waals surface area contributed by atoms with E-state index in [9.17, 15) is 9.90 Å². The van der Waals surface area contributed by atoms with Gasteiger partial charge in [-0.15, -0.1) is 0 Å². The van der Waals surface area contributed by atoms with Crippen molar-refractivity contribution in [2.45, 2.75) is 57.1 Å². The van der Waals surface area contributed by atoms with E-state index in [1.54, 1.807) is 11.0 Å². The number of hydrogen-bond donors (Lipinski definition) is 2. The second-order valence-electron chi connectivity index (χ2n) is 10.2. The van der Waals surface area contributed by atoms with Crippen LogP contribution in [0.4, 0.5) is 4.39 Å². The second kappa shape index (κ2) is 12.0. The van der Waals surface area contributed by atoms with Gasteiger partial charge in [-0.25, -0.2) is 4.39 Å². The molecule has 5 heteroatoms. The van der Waals surface area contributed by atoms with Crippen molar-refractivity contribution in [2.24, 2.45) is 11.7 Å². The van der Waals surface area contributed by atoms with Gasteiger partial charge in [-0.3, -0.25) is 4.79 Å². The molecule has 3 aromatic carbocycles. The van der Waals surface area contributed by atoms with Gasteiger partial charge in [0.1, 0.15) is 5.82 Å². The Labute approximate surface area is 220 Å². The van der Waals surface area contributed by atoms with Gasteiger partial charge >= 0.3 is 0 Å². The number of halogens is 1. The molecule has 0 aliphatic carbocycles. The van der Waals surface area contributed by atoms with E-state index in [-0.39, 0.29) is 17.6 Å². The van der Waals surface area contributed by atoms with Gasteiger partial charge in [0.25, 0.3) is 0 Å². The Morgan fingerprint density at radius 3 is 2.59 bits per heavy atom. The number of rotatable bonds is 9. The average Bonchev–Trinajstić information content (AvgIpc) is 2.93. The van der Waals surface area contributed by atoms with E-state index in [0.717, 1.165) is 36.0 Å². The molecule has 1 aliphatic rings. The van der Waals surface area contributed by atoms with Gasteiger partial charge in [0.15, 0.2) is 0 Å². The lowest BCUT2D eigenvalue weighted by Gasteiger charge is -2.44. The average molecular weight is 502 g/mol. The van der Waals surface area contributed by atoms with E-state index < -0.39 is 11.6 Å². The highest BCUT2D eigenvalue weighted by Crippen LogP contribution is 2.44. The molecule has 1 saturated heterocycles. The third kappa shape index (κ3) is 5.94. The summed E-state index contributed by atoms with van der Waals surface area (Å²) in [6.45, 7) is 7.07. The molecule has 1 amide bonds. The first-order valence-corrected chi connectivity index (χ1v) is 13.4. The van der Waals surface area contributed by atoms with Crippen LogP contribution in [0, 0.1) is 18.7 Å². The monoisotopic (exact) mass is 501 g/mol. The number of benzene rings is 3. The van der Waals surface area contributed by atoms with Gasteiger partial charge in [-0.2, -0.15) is 0 Å². The minimum Gasteiger partial charge on any atom is -0.385 e. The number of aryl methyl sites for hydroxylation is 1. The van der Waals surface area contributed by atoms with Crippen molar-refractivity contribution in [1.29, 1.82) is 0 Å². The largest absolute Gasteiger partial charge is 0.385 e. The number of carbonyl (C=O) groups is 1. The highest BCUT2D eigenvalue weighted by atomic mass is 19.1. The SMILES string of the molecule is [CH2]CCC(O)(c1cccc(F)c1-c1cccc(CC)c1)C1CCCN(C(=O)[C@@H](N)Cc2ccccc2)C1. The Morgan fingerprint density at radius 2 is 1.86 bits per heavy atom. The number of piperidine rings is 1. The summed E-state index contributed by atoms with van der Waals surface area (Å²) in [4.78, 5) is 15.1. The molecule has 4 nitrogen and oxygen atoms in total. The lowest BCUT2D eigenvalue weighted by Crippen LogP contribution is -2.52. The molecule has 0 aromatic heterocycles. The molecule has 1 radical (unpaired) electrons. The summed E-state index contributed by atoms with van der Waals surface area (Å²) < 4.78 is 15.4. The summed E-state index contributed by atoms with van der Waals surface area (Å²) in [5.41, 5.74) is 8.88. The van der Waals surface area contributed by atoms with Crippen LogP contribution in [0.5, 0.6) is 0 Å². The van der Waals surface area contributed by atoms with Crippen LogP contribution in [0.25, 0.3) is 11.1 Å². The molecular weight excluding hydrogens is 463 g/mol. The molecule has 2 unspecified atom stereocenters. The van der Waals surface area contributed by atoms with Gasteiger partial charge in [0, 0.05) is 24.6 Å². The fourth-order valence-electron chi connectivity index (χ4n) is 5.71. The van der Waals surface area contributed by atoms with Crippen LogP contribution in [-0.2, 0) is 23.2 Å². The normalized spacial score (nSPS) is 18.3. The third-order valence-corrected chi connectivity index (χ3v) is 7.69. The van der Waals surface area contributed by atoms with Crippen molar-refractivity contribution in [3.05, 3.63) is 102 Å². The molecule has 37 heavy (non-hydrogen) atoms. The number of nitrogens with two attached hydrogens (primary N) is 1. The molecule has 3 N–H and O–H groups in total. The second-order valence-corrected chi connectivity index (χ2v) is 10.2. The molecular formula is C32H38FN2O2. The number of carbonyl (C=O) groups excluding carboxylic acids is 1. The number of nitrogens with zero attached hydrogens (tertiary/aromatic N) is 1. The first-order valence-electron chi connectivity index (χ1n) is 13.4. The first kappa shape index (κ1) is 27.0. The topological polar surface area (TPSA) is 66.6 Å². The fourth-order valence-corrected chi connectivity index (χ4v) is 5.71. The summed E-state index contributed by atoms with van der Waals surface area (Å²) in [5, 5.41) is 12.3. The van der Waals surface area contributed by atoms with Crippen LogP contribution in [0.15, 0.2) is 72.8 Å². The molecule has 3 aromatic rings. The molecule has 0 bridgehead atoms. The van der Waals surface area contributed by atoms with E-state index in [4.69, 9.17) is 5.73 Å². The van der Waals surface area contributed by atoms with Crippen LogP contribution in [-0.4, -0.2) is 35.0 Å². The predicted molar refractivity (Wildman–Crippen MR) is 147 cm³/mol. The summed E-state index contributed by atoms with van der Waals surface area (Å²) in [5.74, 6) is -0.728. The fraction of sp³-hybridized carbons (Fsp3) is 0.375. The Hall–Kier alpha value is -3.02. The van der Waals surface area contributed by atoms with Crippen LogP contribution in [0.1, 0.15) is 49.3 Å². The lowest BCUT2D eigenvalue weighted by molar-refractivity contribution is -0.138. The van der Waals surface area contributed by atoms with Crippen molar-refractivity contribution in [2.75, 3.05) is 13.1 Å². The minimum atomic E-state index is -1.33. The van der Waals surface area contributed by atoms with E-state index in [1.165, 1.54) is 6.07 Å². The van der Waals surface area contributed by atoms with Crippen molar-refractivity contribution in [3.8, 4) is 11.1 Å². The third-order valence-electron chi connectivity index (χ3n) is 7.69. The van der Waals surface area contributed by atoms with Crippen LogP contribution >= 0.6 is 0 Å². The number of likely N-dealkylation sites (tertiary alicyclic amines) is 1. The maximum absolute atomic E-state index is 15.4. The Morgan fingerprint density at radius 1 is 1.14 bits per heavy atom. The predicted octanol–water partition coefficient (Wildman–Crippen LogP) is 5.67.